The number of thiol groups is 1. The molecule has 0 aliphatic carbocycles. The molecule has 68 valence electrons. The molecular weight excluding hydrogens is 188 g/mol. The summed E-state index contributed by atoms with van der Waals surface area (Å²) in [6.07, 6.45) is 0. The highest BCUT2D eigenvalue weighted by Gasteiger charge is 2.07. The lowest BCUT2D eigenvalue weighted by Gasteiger charge is -2.00. The fourth-order valence-corrected chi connectivity index (χ4v) is 1.22. The van der Waals surface area contributed by atoms with Crippen LogP contribution in [0.4, 0.5) is 0 Å². The van der Waals surface area contributed by atoms with Gasteiger partial charge in [0.15, 0.2) is 5.78 Å². The van der Waals surface area contributed by atoms with Crippen molar-refractivity contribution in [1.82, 2.24) is 0 Å². The number of Topliss-reactive ketones (excluding diaryl/α,β-unsaturated/α-hetero) is 1. The number of carbonyl (C=O) groups is 2. The number of ketones is 1. The number of benzene rings is 1. The normalized spacial score (nSPS) is 9.69. The van der Waals surface area contributed by atoms with E-state index in [1.54, 1.807) is 0 Å². The molecule has 4 heteroatoms. The van der Waals surface area contributed by atoms with Gasteiger partial charge in [-0.3, -0.25) is 4.79 Å². The van der Waals surface area contributed by atoms with E-state index in [0.717, 1.165) is 0 Å². The van der Waals surface area contributed by atoms with Crippen molar-refractivity contribution in [2.75, 3.05) is 0 Å². The Morgan fingerprint density at radius 2 is 1.77 bits per heavy atom. The molecule has 0 heterocycles. The van der Waals surface area contributed by atoms with Gasteiger partial charge >= 0.3 is 5.97 Å². The van der Waals surface area contributed by atoms with Crippen LogP contribution in [0.3, 0.4) is 0 Å². The Labute approximate surface area is 80.8 Å². The second kappa shape index (κ2) is 3.62. The summed E-state index contributed by atoms with van der Waals surface area (Å²) in [5.74, 6) is -1.23. The molecule has 0 aliphatic heterocycles. The monoisotopic (exact) mass is 196 g/mol. The van der Waals surface area contributed by atoms with Crippen LogP contribution in [-0.2, 0) is 0 Å². The zero-order chi connectivity index (χ0) is 10.0. The van der Waals surface area contributed by atoms with Crippen LogP contribution in [0.1, 0.15) is 27.6 Å². The van der Waals surface area contributed by atoms with Gasteiger partial charge in [0.1, 0.15) is 0 Å². The molecule has 0 aliphatic rings. The predicted molar refractivity (Wildman–Crippen MR) is 50.7 cm³/mol. The van der Waals surface area contributed by atoms with Crippen LogP contribution < -0.4 is 0 Å². The number of hydrogen-bond donors (Lipinski definition) is 2. The van der Waals surface area contributed by atoms with Crippen molar-refractivity contribution in [2.24, 2.45) is 0 Å². The lowest BCUT2D eigenvalue weighted by molar-refractivity contribution is 0.0696. The largest absolute Gasteiger partial charge is 0.478 e. The molecule has 13 heavy (non-hydrogen) atoms. The number of rotatable bonds is 2. The standard InChI is InChI=1S/C9H8O3S/c1-5(10)6-2-7(9(11)12)4-8(13)3-6/h2-4,13H,1H3,(H,11,12). The smallest absolute Gasteiger partial charge is 0.335 e. The molecular formula is C9H8O3S. The number of hydrogen-bond acceptors (Lipinski definition) is 3. The zero-order valence-electron chi connectivity index (χ0n) is 6.94. The minimum Gasteiger partial charge on any atom is -0.478 e. The Morgan fingerprint density at radius 1 is 1.23 bits per heavy atom. The molecule has 0 bridgehead atoms. The van der Waals surface area contributed by atoms with E-state index in [4.69, 9.17) is 5.11 Å². The third-order valence-corrected chi connectivity index (χ3v) is 1.83. The number of aromatic carboxylic acids is 1. The van der Waals surface area contributed by atoms with E-state index < -0.39 is 5.97 Å². The Balaban J connectivity index is 3.26. The summed E-state index contributed by atoms with van der Waals surface area (Å²) in [6.45, 7) is 1.38. The number of carboxylic acids is 1. The van der Waals surface area contributed by atoms with Gasteiger partial charge in [0, 0.05) is 10.5 Å². The van der Waals surface area contributed by atoms with Crippen molar-refractivity contribution in [2.45, 2.75) is 11.8 Å². The molecule has 0 saturated heterocycles. The van der Waals surface area contributed by atoms with Gasteiger partial charge in [-0.25, -0.2) is 4.79 Å². The summed E-state index contributed by atoms with van der Waals surface area (Å²) in [5, 5.41) is 8.67. The van der Waals surface area contributed by atoms with E-state index >= 15 is 0 Å². The van der Waals surface area contributed by atoms with Gasteiger partial charge in [-0.2, -0.15) is 0 Å². The van der Waals surface area contributed by atoms with Gasteiger partial charge in [0.2, 0.25) is 0 Å². The molecule has 0 radical (unpaired) electrons. The molecule has 0 aromatic heterocycles. The second-order valence-corrected chi connectivity index (χ2v) is 3.15. The van der Waals surface area contributed by atoms with Gasteiger partial charge in [-0.15, -0.1) is 12.6 Å². The van der Waals surface area contributed by atoms with Crippen LogP contribution in [0.25, 0.3) is 0 Å². The maximum absolute atomic E-state index is 10.9. The highest BCUT2D eigenvalue weighted by atomic mass is 32.1. The SMILES string of the molecule is CC(=O)c1cc(S)cc(C(=O)O)c1. The molecule has 1 rings (SSSR count). The first-order valence-electron chi connectivity index (χ1n) is 3.59. The third-order valence-electron chi connectivity index (χ3n) is 1.57. The van der Waals surface area contributed by atoms with E-state index in [1.165, 1.54) is 25.1 Å². The van der Waals surface area contributed by atoms with Gasteiger partial charge in [0.25, 0.3) is 0 Å². The average Bonchev–Trinajstić information content (AvgIpc) is 2.03. The van der Waals surface area contributed by atoms with E-state index in [9.17, 15) is 9.59 Å². The Morgan fingerprint density at radius 3 is 2.23 bits per heavy atom. The maximum atomic E-state index is 10.9. The molecule has 1 aromatic carbocycles. The van der Waals surface area contributed by atoms with Crippen molar-refractivity contribution >= 4 is 24.4 Å². The summed E-state index contributed by atoms with van der Waals surface area (Å²) < 4.78 is 0. The molecule has 3 nitrogen and oxygen atoms in total. The van der Waals surface area contributed by atoms with Crippen LogP contribution in [-0.4, -0.2) is 16.9 Å². The summed E-state index contributed by atoms with van der Waals surface area (Å²) in [4.78, 5) is 22.0. The topological polar surface area (TPSA) is 54.4 Å². The molecule has 0 unspecified atom stereocenters. The quantitative estimate of drug-likeness (QED) is 0.561. The van der Waals surface area contributed by atoms with Crippen LogP contribution >= 0.6 is 12.6 Å². The molecule has 0 spiro atoms. The van der Waals surface area contributed by atoms with Crippen molar-refractivity contribution in [3.8, 4) is 0 Å². The first-order valence-corrected chi connectivity index (χ1v) is 4.03. The maximum Gasteiger partial charge on any atom is 0.335 e. The first kappa shape index (κ1) is 9.80. The average molecular weight is 196 g/mol. The van der Waals surface area contributed by atoms with E-state index in [1.807, 2.05) is 0 Å². The van der Waals surface area contributed by atoms with Gasteiger partial charge in [0.05, 0.1) is 5.56 Å². The summed E-state index contributed by atoms with van der Waals surface area (Å²) >= 11 is 4.00. The van der Waals surface area contributed by atoms with Crippen LogP contribution in [0.5, 0.6) is 0 Å². The van der Waals surface area contributed by atoms with Gasteiger partial charge < -0.3 is 5.11 Å². The third kappa shape index (κ3) is 2.32. The fourth-order valence-electron chi connectivity index (χ4n) is 0.938. The Hall–Kier alpha value is -1.29. The first-order chi connectivity index (χ1) is 6.00. The van der Waals surface area contributed by atoms with E-state index in [2.05, 4.69) is 12.6 Å². The molecule has 0 saturated carbocycles. The van der Waals surface area contributed by atoms with Crippen molar-refractivity contribution in [1.29, 1.82) is 0 Å². The minimum absolute atomic E-state index is 0.0812. The lowest BCUT2D eigenvalue weighted by Crippen LogP contribution is -2.00. The molecule has 1 aromatic rings. The van der Waals surface area contributed by atoms with Crippen molar-refractivity contribution in [3.05, 3.63) is 29.3 Å². The van der Waals surface area contributed by atoms with Crippen molar-refractivity contribution in [3.63, 3.8) is 0 Å². The summed E-state index contributed by atoms with van der Waals surface area (Å²) in [5.41, 5.74) is 0.447. The zero-order valence-corrected chi connectivity index (χ0v) is 7.84. The Bertz CT molecular complexity index is 339. The van der Waals surface area contributed by atoms with E-state index in [-0.39, 0.29) is 11.3 Å². The lowest BCUT2D eigenvalue weighted by atomic mass is 10.1. The summed E-state index contributed by atoms with van der Waals surface area (Å²) in [7, 11) is 0. The van der Waals surface area contributed by atoms with Crippen LogP contribution in [0.15, 0.2) is 23.1 Å². The fraction of sp³-hybridized carbons (Fsp3) is 0.111. The molecule has 0 fully saturated rings. The molecule has 1 N–H and O–H groups in total. The van der Waals surface area contributed by atoms with Crippen LogP contribution in [0.2, 0.25) is 0 Å². The highest BCUT2D eigenvalue weighted by molar-refractivity contribution is 7.80. The highest BCUT2D eigenvalue weighted by Crippen LogP contribution is 2.14. The van der Waals surface area contributed by atoms with Crippen LogP contribution in [0, 0.1) is 0 Å². The van der Waals surface area contributed by atoms with Gasteiger partial charge in [-0.1, -0.05) is 0 Å². The number of carbonyl (C=O) groups excluding carboxylic acids is 1. The Kier molecular flexibility index (Phi) is 2.72. The van der Waals surface area contributed by atoms with Crippen molar-refractivity contribution < 1.29 is 14.7 Å². The molecule has 0 atom stereocenters. The predicted octanol–water partition coefficient (Wildman–Crippen LogP) is 1.88. The summed E-state index contributed by atoms with van der Waals surface area (Å²) in [6, 6.07) is 4.28. The minimum atomic E-state index is -1.06. The second-order valence-electron chi connectivity index (χ2n) is 2.63. The van der Waals surface area contributed by atoms with E-state index in [0.29, 0.717) is 10.5 Å². The molecule has 0 amide bonds. The van der Waals surface area contributed by atoms with Gasteiger partial charge in [-0.05, 0) is 25.1 Å². The number of carboxylic acid groups (broad SMARTS) is 1.